The first kappa shape index (κ1) is 18.7. The second kappa shape index (κ2) is 8.98. The van der Waals surface area contributed by atoms with Crippen molar-refractivity contribution < 1.29 is 0 Å². The SMILES string of the molecule is C/C=C\C(C)N(c1ccccc1)c1ccccc1S[C@@H](C)C(C)C. The maximum absolute atomic E-state index is 2.43. The maximum Gasteiger partial charge on any atom is 0.0554 e. The number of benzene rings is 2. The zero-order chi connectivity index (χ0) is 17.5. The first-order valence-corrected chi connectivity index (χ1v) is 9.65. The van der Waals surface area contributed by atoms with E-state index in [9.17, 15) is 0 Å². The Labute approximate surface area is 151 Å². The number of thioether (sulfide) groups is 1. The van der Waals surface area contributed by atoms with Crippen LogP contribution >= 0.6 is 11.8 Å². The van der Waals surface area contributed by atoms with E-state index in [1.165, 1.54) is 16.3 Å². The number of hydrogen-bond acceptors (Lipinski definition) is 2. The van der Waals surface area contributed by atoms with Crippen LogP contribution in [0.1, 0.15) is 34.6 Å². The van der Waals surface area contributed by atoms with E-state index in [0.29, 0.717) is 17.2 Å². The molecule has 0 N–H and O–H groups in total. The molecule has 0 fully saturated rings. The molecule has 2 atom stereocenters. The van der Waals surface area contributed by atoms with Gasteiger partial charge in [0.05, 0.1) is 5.69 Å². The molecular formula is C22H29NS. The van der Waals surface area contributed by atoms with Crippen LogP contribution in [0, 0.1) is 5.92 Å². The molecule has 2 aromatic rings. The molecule has 0 aliphatic rings. The summed E-state index contributed by atoms with van der Waals surface area (Å²) in [4.78, 5) is 3.77. The molecule has 0 heterocycles. The summed E-state index contributed by atoms with van der Waals surface area (Å²) in [6.45, 7) is 11.2. The Balaban J connectivity index is 2.47. The van der Waals surface area contributed by atoms with Crippen molar-refractivity contribution in [1.82, 2.24) is 0 Å². The predicted octanol–water partition coefficient (Wildman–Crippen LogP) is 6.93. The normalized spacial score (nSPS) is 14.1. The highest BCUT2D eigenvalue weighted by molar-refractivity contribution is 8.00. The van der Waals surface area contributed by atoms with Gasteiger partial charge in [-0.15, -0.1) is 11.8 Å². The van der Waals surface area contributed by atoms with Crippen LogP contribution < -0.4 is 4.90 Å². The van der Waals surface area contributed by atoms with Gasteiger partial charge >= 0.3 is 0 Å². The van der Waals surface area contributed by atoms with Crippen molar-refractivity contribution in [1.29, 1.82) is 0 Å². The lowest BCUT2D eigenvalue weighted by molar-refractivity contribution is 0.642. The molecule has 0 aliphatic carbocycles. The van der Waals surface area contributed by atoms with Crippen LogP contribution in [-0.2, 0) is 0 Å². The molecule has 0 saturated carbocycles. The van der Waals surface area contributed by atoms with Crippen molar-refractivity contribution in [2.24, 2.45) is 5.92 Å². The molecule has 1 nitrogen and oxygen atoms in total. The zero-order valence-electron chi connectivity index (χ0n) is 15.4. The van der Waals surface area contributed by atoms with Crippen LogP contribution in [0.25, 0.3) is 0 Å². The molecule has 2 rings (SSSR count). The van der Waals surface area contributed by atoms with E-state index in [0.717, 1.165) is 0 Å². The molecule has 0 aromatic heterocycles. The molecule has 1 unspecified atom stereocenters. The molecule has 0 aliphatic heterocycles. The van der Waals surface area contributed by atoms with Crippen molar-refractivity contribution in [3.8, 4) is 0 Å². The van der Waals surface area contributed by atoms with E-state index >= 15 is 0 Å². The van der Waals surface area contributed by atoms with Crippen molar-refractivity contribution in [3.63, 3.8) is 0 Å². The Bertz CT molecular complexity index is 648. The highest BCUT2D eigenvalue weighted by Gasteiger charge is 2.19. The average molecular weight is 340 g/mol. The molecule has 2 heteroatoms. The van der Waals surface area contributed by atoms with Crippen LogP contribution in [0.5, 0.6) is 0 Å². The molecule has 0 saturated heterocycles. The highest BCUT2D eigenvalue weighted by atomic mass is 32.2. The van der Waals surface area contributed by atoms with Crippen LogP contribution in [0.4, 0.5) is 11.4 Å². The molecular weight excluding hydrogens is 310 g/mol. The Hall–Kier alpha value is -1.67. The van der Waals surface area contributed by atoms with Crippen molar-refractivity contribution >= 4 is 23.1 Å². The summed E-state index contributed by atoms with van der Waals surface area (Å²) in [5.74, 6) is 0.654. The van der Waals surface area contributed by atoms with E-state index in [1.54, 1.807) is 0 Å². The number of nitrogens with zero attached hydrogens (tertiary/aromatic N) is 1. The van der Waals surface area contributed by atoms with Crippen molar-refractivity contribution in [2.45, 2.75) is 50.8 Å². The summed E-state index contributed by atoms with van der Waals surface area (Å²) >= 11 is 1.97. The monoisotopic (exact) mass is 339 g/mol. The first-order chi connectivity index (χ1) is 11.5. The Morgan fingerprint density at radius 3 is 2.12 bits per heavy atom. The topological polar surface area (TPSA) is 3.24 Å². The minimum Gasteiger partial charge on any atom is -0.334 e. The molecule has 0 bridgehead atoms. The van der Waals surface area contributed by atoms with Crippen LogP contribution in [-0.4, -0.2) is 11.3 Å². The van der Waals surface area contributed by atoms with Crippen molar-refractivity contribution in [2.75, 3.05) is 4.90 Å². The lowest BCUT2D eigenvalue weighted by Gasteiger charge is -2.32. The quantitative estimate of drug-likeness (QED) is 0.397. The second-order valence-corrected chi connectivity index (χ2v) is 7.93. The van der Waals surface area contributed by atoms with Gasteiger partial charge in [-0.05, 0) is 44.0 Å². The van der Waals surface area contributed by atoms with E-state index in [1.807, 2.05) is 11.8 Å². The largest absolute Gasteiger partial charge is 0.334 e. The van der Waals surface area contributed by atoms with Gasteiger partial charge in [0.15, 0.2) is 0 Å². The van der Waals surface area contributed by atoms with E-state index in [4.69, 9.17) is 0 Å². The van der Waals surface area contributed by atoms with Gasteiger partial charge in [-0.3, -0.25) is 0 Å². The molecule has 0 radical (unpaired) electrons. The zero-order valence-corrected chi connectivity index (χ0v) is 16.3. The lowest BCUT2D eigenvalue weighted by atomic mass is 10.1. The van der Waals surface area contributed by atoms with Crippen LogP contribution in [0.3, 0.4) is 0 Å². The smallest absolute Gasteiger partial charge is 0.0554 e. The van der Waals surface area contributed by atoms with E-state index in [-0.39, 0.29) is 0 Å². The van der Waals surface area contributed by atoms with Gasteiger partial charge in [-0.1, -0.05) is 63.3 Å². The number of hydrogen-bond donors (Lipinski definition) is 0. The average Bonchev–Trinajstić information content (AvgIpc) is 2.58. The fourth-order valence-corrected chi connectivity index (χ4v) is 3.76. The summed E-state index contributed by atoms with van der Waals surface area (Å²) in [7, 11) is 0. The van der Waals surface area contributed by atoms with Gasteiger partial charge in [-0.25, -0.2) is 0 Å². The van der Waals surface area contributed by atoms with Gasteiger partial charge in [-0.2, -0.15) is 0 Å². The molecule has 0 spiro atoms. The van der Waals surface area contributed by atoms with Gasteiger partial charge in [0.25, 0.3) is 0 Å². The first-order valence-electron chi connectivity index (χ1n) is 8.77. The summed E-state index contributed by atoms with van der Waals surface area (Å²) in [5, 5.41) is 0.584. The molecule has 2 aromatic carbocycles. The fourth-order valence-electron chi connectivity index (χ4n) is 2.64. The van der Waals surface area contributed by atoms with Gasteiger partial charge in [0.2, 0.25) is 0 Å². The van der Waals surface area contributed by atoms with E-state index in [2.05, 4.69) is 106 Å². The standard InChI is InChI=1S/C22H29NS/c1-6-12-18(4)23(20-13-8-7-9-14-20)21-15-10-11-16-22(21)24-19(5)17(2)3/h6-19H,1-5H3/b12-6-/t18?,19-/m0/s1. The number of para-hydroxylation sites is 2. The summed E-state index contributed by atoms with van der Waals surface area (Å²) in [6, 6.07) is 19.7. The minimum atomic E-state index is 0.300. The number of anilines is 2. The second-order valence-electron chi connectivity index (χ2n) is 6.51. The van der Waals surface area contributed by atoms with E-state index < -0.39 is 0 Å². The minimum absolute atomic E-state index is 0.300. The third-order valence-electron chi connectivity index (χ3n) is 4.29. The molecule has 24 heavy (non-hydrogen) atoms. The number of rotatable bonds is 7. The van der Waals surface area contributed by atoms with Gasteiger partial charge in [0.1, 0.15) is 0 Å². The van der Waals surface area contributed by atoms with Crippen LogP contribution in [0.2, 0.25) is 0 Å². The molecule has 0 amide bonds. The fraction of sp³-hybridized carbons (Fsp3) is 0.364. The Morgan fingerprint density at radius 2 is 1.50 bits per heavy atom. The lowest BCUT2D eigenvalue weighted by Crippen LogP contribution is -2.27. The highest BCUT2D eigenvalue weighted by Crippen LogP contribution is 2.39. The van der Waals surface area contributed by atoms with Crippen LogP contribution in [0.15, 0.2) is 71.6 Å². The predicted molar refractivity (Wildman–Crippen MR) is 109 cm³/mol. The summed E-state index contributed by atoms with van der Waals surface area (Å²) < 4.78 is 0. The molecule has 128 valence electrons. The van der Waals surface area contributed by atoms with Gasteiger partial charge in [0, 0.05) is 21.9 Å². The summed E-state index contributed by atoms with van der Waals surface area (Å²) in [6.07, 6.45) is 4.38. The maximum atomic E-state index is 2.43. The Kier molecular flexibility index (Phi) is 6.99. The number of allylic oxidation sites excluding steroid dienone is 1. The van der Waals surface area contributed by atoms with Crippen molar-refractivity contribution in [3.05, 3.63) is 66.7 Å². The van der Waals surface area contributed by atoms with Gasteiger partial charge < -0.3 is 4.90 Å². The Morgan fingerprint density at radius 1 is 0.875 bits per heavy atom. The third-order valence-corrected chi connectivity index (χ3v) is 5.80. The third kappa shape index (κ3) is 4.67. The summed E-state index contributed by atoms with van der Waals surface area (Å²) in [5.41, 5.74) is 2.51.